The van der Waals surface area contributed by atoms with Crippen LogP contribution in [0.25, 0.3) is 0 Å². The second-order valence-corrected chi connectivity index (χ2v) is 8.82. The molecule has 1 heterocycles. The minimum atomic E-state index is -3.78. The highest BCUT2D eigenvalue weighted by molar-refractivity contribution is 9.10. The van der Waals surface area contributed by atoms with Crippen molar-refractivity contribution in [3.8, 4) is 0 Å². The van der Waals surface area contributed by atoms with Crippen LogP contribution in [0.2, 0.25) is 0 Å². The molecule has 1 aliphatic rings. The summed E-state index contributed by atoms with van der Waals surface area (Å²) in [6.45, 7) is 5.89. The molecule has 0 aliphatic carbocycles. The van der Waals surface area contributed by atoms with Crippen LogP contribution in [0.5, 0.6) is 0 Å². The zero-order valence-electron chi connectivity index (χ0n) is 14.3. The van der Waals surface area contributed by atoms with Crippen molar-refractivity contribution in [1.29, 1.82) is 0 Å². The maximum absolute atomic E-state index is 12.9. The zero-order valence-corrected chi connectivity index (χ0v) is 16.7. The second kappa shape index (κ2) is 6.46. The zero-order chi connectivity index (χ0) is 18.4. The lowest BCUT2D eigenvalue weighted by molar-refractivity contribution is -0.116. The summed E-state index contributed by atoms with van der Waals surface area (Å²) >= 11 is 3.36. The van der Waals surface area contributed by atoms with Gasteiger partial charge in [0.15, 0.2) is 0 Å². The quantitative estimate of drug-likeness (QED) is 0.817. The highest BCUT2D eigenvalue weighted by atomic mass is 79.9. The van der Waals surface area contributed by atoms with E-state index in [1.807, 2.05) is 19.9 Å². The first-order chi connectivity index (χ1) is 11.7. The Morgan fingerprint density at radius 3 is 2.36 bits per heavy atom. The van der Waals surface area contributed by atoms with Crippen molar-refractivity contribution in [2.24, 2.45) is 0 Å². The molecule has 2 aromatic rings. The van der Waals surface area contributed by atoms with Gasteiger partial charge >= 0.3 is 0 Å². The molecule has 0 aromatic heterocycles. The van der Waals surface area contributed by atoms with Crippen LogP contribution in [-0.2, 0) is 21.2 Å². The van der Waals surface area contributed by atoms with Crippen LogP contribution >= 0.6 is 15.9 Å². The Hall–Kier alpha value is -1.86. The number of carbonyl (C=O) groups is 1. The number of sulfonamides is 1. The molecule has 0 spiro atoms. The minimum absolute atomic E-state index is 0.0910. The molecule has 25 heavy (non-hydrogen) atoms. The molecular formula is C18H19BrN2O3S. The smallest absolute Gasteiger partial charge is 0.263 e. The van der Waals surface area contributed by atoms with Gasteiger partial charge in [-0.2, -0.15) is 0 Å². The lowest BCUT2D eigenvalue weighted by Gasteiger charge is -2.17. The number of benzene rings is 2. The Bertz CT molecular complexity index is 950. The number of aryl methyl sites for hydroxylation is 2. The molecule has 7 heteroatoms. The predicted molar refractivity (Wildman–Crippen MR) is 103 cm³/mol. The van der Waals surface area contributed by atoms with Crippen molar-refractivity contribution < 1.29 is 13.2 Å². The van der Waals surface area contributed by atoms with E-state index in [0.29, 0.717) is 22.4 Å². The van der Waals surface area contributed by atoms with E-state index in [9.17, 15) is 13.2 Å². The highest BCUT2D eigenvalue weighted by Gasteiger charge is 2.27. The number of hydrogen-bond acceptors (Lipinski definition) is 3. The number of amides is 1. The van der Waals surface area contributed by atoms with E-state index in [1.54, 1.807) is 29.2 Å². The Kier molecular flexibility index (Phi) is 4.64. The minimum Gasteiger partial charge on any atom is -0.312 e. The van der Waals surface area contributed by atoms with Crippen molar-refractivity contribution in [1.82, 2.24) is 0 Å². The van der Waals surface area contributed by atoms with Crippen LogP contribution in [-0.4, -0.2) is 20.9 Å². The number of nitrogens with one attached hydrogen (secondary N) is 1. The van der Waals surface area contributed by atoms with Gasteiger partial charge in [0.25, 0.3) is 10.0 Å². The first kappa shape index (κ1) is 17.9. The number of rotatable bonds is 3. The third-order valence-corrected chi connectivity index (χ3v) is 6.51. The van der Waals surface area contributed by atoms with Gasteiger partial charge in [-0.3, -0.25) is 9.52 Å². The van der Waals surface area contributed by atoms with Gasteiger partial charge in [-0.15, -0.1) is 0 Å². The van der Waals surface area contributed by atoms with Crippen molar-refractivity contribution in [2.45, 2.75) is 32.1 Å². The normalized spacial score (nSPS) is 13.7. The van der Waals surface area contributed by atoms with Crippen molar-refractivity contribution in [2.75, 3.05) is 16.2 Å². The van der Waals surface area contributed by atoms with E-state index in [4.69, 9.17) is 0 Å². The van der Waals surface area contributed by atoms with Gasteiger partial charge in [-0.1, -0.05) is 6.07 Å². The molecule has 1 N–H and O–H groups in total. The summed E-state index contributed by atoms with van der Waals surface area (Å²) in [6, 6.07) is 8.91. The van der Waals surface area contributed by atoms with Crippen LogP contribution < -0.4 is 9.62 Å². The summed E-state index contributed by atoms with van der Waals surface area (Å²) in [5.41, 5.74) is 4.11. The second-order valence-electron chi connectivity index (χ2n) is 6.31. The molecule has 0 fully saturated rings. The van der Waals surface area contributed by atoms with E-state index in [1.165, 1.54) is 6.92 Å². The summed E-state index contributed by atoms with van der Waals surface area (Å²) in [6.07, 6.45) is 0.721. The van der Waals surface area contributed by atoms with Crippen molar-refractivity contribution >= 4 is 43.2 Å². The third kappa shape index (κ3) is 3.57. The number of carbonyl (C=O) groups excluding carboxylic acids is 1. The fraction of sp³-hybridized carbons (Fsp3) is 0.278. The van der Waals surface area contributed by atoms with Gasteiger partial charge in [0.05, 0.1) is 0 Å². The molecule has 1 amide bonds. The van der Waals surface area contributed by atoms with Crippen LogP contribution in [0.4, 0.5) is 11.4 Å². The van der Waals surface area contributed by atoms with E-state index in [0.717, 1.165) is 23.1 Å². The van der Waals surface area contributed by atoms with Crippen LogP contribution in [0.1, 0.15) is 23.6 Å². The van der Waals surface area contributed by atoms with Crippen LogP contribution in [0, 0.1) is 13.8 Å². The molecule has 0 saturated carbocycles. The third-order valence-electron chi connectivity index (χ3n) is 4.17. The lowest BCUT2D eigenvalue weighted by atomic mass is 10.1. The summed E-state index contributed by atoms with van der Waals surface area (Å²) in [4.78, 5) is 13.5. The number of fused-ring (bicyclic) bond motifs is 1. The number of nitrogens with zero attached hydrogens (tertiary/aromatic N) is 1. The predicted octanol–water partition coefficient (Wildman–Crippen LogP) is 3.78. The SMILES string of the molecule is CC(=O)N1CCc2cc(Br)c(S(=O)(=O)Nc3cc(C)cc(C)c3)cc21. The van der Waals surface area contributed by atoms with Gasteiger partial charge in [-0.25, -0.2) is 8.42 Å². The molecule has 0 unspecified atom stereocenters. The maximum atomic E-state index is 12.9. The topological polar surface area (TPSA) is 66.5 Å². The fourth-order valence-corrected chi connectivity index (χ4v) is 5.32. The molecule has 132 valence electrons. The molecular weight excluding hydrogens is 404 g/mol. The van der Waals surface area contributed by atoms with Crippen molar-refractivity contribution in [3.63, 3.8) is 0 Å². The van der Waals surface area contributed by atoms with Crippen LogP contribution in [0.3, 0.4) is 0 Å². The lowest BCUT2D eigenvalue weighted by Crippen LogP contribution is -2.26. The Morgan fingerprint density at radius 1 is 1.12 bits per heavy atom. The molecule has 0 radical (unpaired) electrons. The Morgan fingerprint density at radius 2 is 1.76 bits per heavy atom. The summed E-state index contributed by atoms with van der Waals surface area (Å²) in [5.74, 6) is -0.0910. The van der Waals surface area contributed by atoms with Crippen LogP contribution in [0.15, 0.2) is 39.7 Å². The number of anilines is 2. The Balaban J connectivity index is 2.03. The summed E-state index contributed by atoms with van der Waals surface area (Å²) in [7, 11) is -3.78. The fourth-order valence-electron chi connectivity index (χ4n) is 3.16. The maximum Gasteiger partial charge on any atom is 0.263 e. The molecule has 0 saturated heterocycles. The largest absolute Gasteiger partial charge is 0.312 e. The van der Waals surface area contributed by atoms with E-state index >= 15 is 0 Å². The first-order valence-electron chi connectivity index (χ1n) is 7.89. The molecule has 2 aromatic carbocycles. The standard InChI is InChI=1S/C18H19BrN2O3S/c1-11-6-12(2)8-15(7-11)20-25(23,24)18-10-17-14(9-16(18)19)4-5-21(17)13(3)22/h6-10,20H,4-5H2,1-3H3. The van der Waals surface area contributed by atoms with Gasteiger partial charge in [-0.05, 0) is 77.2 Å². The number of hydrogen-bond donors (Lipinski definition) is 1. The molecule has 5 nitrogen and oxygen atoms in total. The molecule has 1 aliphatic heterocycles. The van der Waals surface area contributed by atoms with E-state index < -0.39 is 10.0 Å². The average Bonchev–Trinajstić information content (AvgIpc) is 2.87. The molecule has 3 rings (SSSR count). The molecule has 0 bridgehead atoms. The average molecular weight is 423 g/mol. The van der Waals surface area contributed by atoms with E-state index in [2.05, 4.69) is 20.7 Å². The first-order valence-corrected chi connectivity index (χ1v) is 10.2. The van der Waals surface area contributed by atoms with E-state index in [-0.39, 0.29) is 10.8 Å². The van der Waals surface area contributed by atoms with Crippen molar-refractivity contribution in [3.05, 3.63) is 51.5 Å². The molecule has 0 atom stereocenters. The van der Waals surface area contributed by atoms with Gasteiger partial charge in [0.2, 0.25) is 5.91 Å². The van der Waals surface area contributed by atoms with Gasteiger partial charge in [0.1, 0.15) is 4.90 Å². The monoisotopic (exact) mass is 422 g/mol. The number of halogens is 1. The summed E-state index contributed by atoms with van der Waals surface area (Å²) < 4.78 is 28.9. The van der Waals surface area contributed by atoms with Gasteiger partial charge in [0, 0.05) is 29.3 Å². The Labute approximate surface area is 156 Å². The summed E-state index contributed by atoms with van der Waals surface area (Å²) in [5, 5.41) is 0. The van der Waals surface area contributed by atoms with Gasteiger partial charge < -0.3 is 4.90 Å². The highest BCUT2D eigenvalue weighted by Crippen LogP contribution is 2.36.